The Kier molecular flexibility index (Phi) is 2.32. The van der Waals surface area contributed by atoms with Gasteiger partial charge in [0.2, 0.25) is 0 Å². The van der Waals surface area contributed by atoms with E-state index in [1.54, 1.807) is 23.1 Å². The molecule has 2 aromatic rings. The van der Waals surface area contributed by atoms with Crippen molar-refractivity contribution in [3.63, 3.8) is 0 Å². The van der Waals surface area contributed by atoms with Gasteiger partial charge in [0, 0.05) is 22.9 Å². The first kappa shape index (κ1) is 10.5. The number of thiophene rings is 1. The number of aromatic nitrogens is 2. The molecule has 0 aromatic carbocycles. The SMILES string of the molecule is O=c1c2c3c(sc2nc2n1CCS2)CSCC3. The minimum Gasteiger partial charge on any atom is -0.286 e. The third-order valence-corrected chi connectivity index (χ3v) is 6.49. The summed E-state index contributed by atoms with van der Waals surface area (Å²) in [5, 5.41) is 1.82. The van der Waals surface area contributed by atoms with Crippen LogP contribution in [-0.4, -0.2) is 21.1 Å². The van der Waals surface area contributed by atoms with Crippen LogP contribution in [0.4, 0.5) is 0 Å². The van der Waals surface area contributed by atoms with Crippen LogP contribution in [0.5, 0.6) is 0 Å². The van der Waals surface area contributed by atoms with Gasteiger partial charge in [0.05, 0.1) is 5.39 Å². The number of hydrogen-bond donors (Lipinski definition) is 0. The Hall–Kier alpha value is -0.460. The van der Waals surface area contributed by atoms with E-state index in [1.165, 1.54) is 10.4 Å². The molecule has 0 radical (unpaired) electrons. The second kappa shape index (κ2) is 3.76. The molecule has 17 heavy (non-hydrogen) atoms. The summed E-state index contributed by atoms with van der Waals surface area (Å²) in [6, 6.07) is 0. The quantitative estimate of drug-likeness (QED) is 0.695. The van der Waals surface area contributed by atoms with Gasteiger partial charge in [0.25, 0.3) is 5.56 Å². The molecule has 0 bridgehead atoms. The maximum absolute atomic E-state index is 12.5. The Balaban J connectivity index is 2.12. The Bertz CT molecular complexity index is 673. The molecule has 0 saturated carbocycles. The lowest BCUT2D eigenvalue weighted by Crippen LogP contribution is -2.21. The van der Waals surface area contributed by atoms with Crippen molar-refractivity contribution in [1.29, 1.82) is 0 Å². The van der Waals surface area contributed by atoms with Gasteiger partial charge >= 0.3 is 0 Å². The van der Waals surface area contributed by atoms with E-state index < -0.39 is 0 Å². The molecule has 0 atom stereocenters. The standard InChI is InChI=1S/C11H10N2OS3/c14-10-8-6-1-3-15-5-7(6)17-9(8)12-11-13(10)2-4-16-11/h1-5H2. The summed E-state index contributed by atoms with van der Waals surface area (Å²) in [6.07, 6.45) is 1.03. The summed E-state index contributed by atoms with van der Waals surface area (Å²) in [5.41, 5.74) is 1.48. The van der Waals surface area contributed by atoms with E-state index >= 15 is 0 Å². The highest BCUT2D eigenvalue weighted by Gasteiger charge is 2.23. The molecule has 0 spiro atoms. The summed E-state index contributed by atoms with van der Waals surface area (Å²) in [4.78, 5) is 19.5. The second-order valence-electron chi connectivity index (χ2n) is 4.19. The number of thioether (sulfide) groups is 2. The third-order valence-electron chi connectivity index (χ3n) is 3.23. The number of hydrogen-bond acceptors (Lipinski definition) is 5. The minimum atomic E-state index is 0.194. The third kappa shape index (κ3) is 1.44. The molecule has 0 saturated heterocycles. The average molecular weight is 282 g/mol. The maximum atomic E-state index is 12.5. The van der Waals surface area contributed by atoms with E-state index in [0.29, 0.717) is 0 Å². The van der Waals surface area contributed by atoms with Gasteiger partial charge in [-0.15, -0.1) is 11.3 Å². The normalized spacial score (nSPS) is 18.4. The molecule has 2 aliphatic rings. The zero-order chi connectivity index (χ0) is 11.4. The van der Waals surface area contributed by atoms with Crippen LogP contribution < -0.4 is 5.56 Å². The lowest BCUT2D eigenvalue weighted by Gasteiger charge is -2.09. The first-order chi connectivity index (χ1) is 8.34. The fourth-order valence-electron chi connectivity index (χ4n) is 2.42. The molecule has 0 N–H and O–H groups in total. The second-order valence-corrected chi connectivity index (χ2v) is 7.44. The largest absolute Gasteiger partial charge is 0.286 e. The van der Waals surface area contributed by atoms with E-state index in [0.717, 1.165) is 45.6 Å². The number of aryl methyl sites for hydroxylation is 1. The van der Waals surface area contributed by atoms with Crippen molar-refractivity contribution in [3.8, 4) is 0 Å². The van der Waals surface area contributed by atoms with Crippen molar-refractivity contribution in [2.24, 2.45) is 0 Å². The Morgan fingerprint density at radius 1 is 1.29 bits per heavy atom. The molecular weight excluding hydrogens is 272 g/mol. The van der Waals surface area contributed by atoms with Crippen molar-refractivity contribution in [2.45, 2.75) is 23.9 Å². The first-order valence-corrected chi connectivity index (χ1v) is 8.56. The van der Waals surface area contributed by atoms with E-state index in [2.05, 4.69) is 4.98 Å². The van der Waals surface area contributed by atoms with Crippen LogP contribution in [-0.2, 0) is 18.7 Å². The molecule has 2 aliphatic heterocycles. The summed E-state index contributed by atoms with van der Waals surface area (Å²) in [5.74, 6) is 3.17. The predicted molar refractivity (Wildman–Crippen MR) is 74.5 cm³/mol. The highest BCUT2D eigenvalue weighted by atomic mass is 32.2. The lowest BCUT2D eigenvalue weighted by molar-refractivity contribution is 0.669. The van der Waals surface area contributed by atoms with Gasteiger partial charge in [-0.1, -0.05) is 11.8 Å². The fourth-order valence-corrected chi connectivity index (χ4v) is 5.77. The minimum absolute atomic E-state index is 0.194. The van der Waals surface area contributed by atoms with E-state index in [1.807, 2.05) is 16.3 Å². The molecule has 2 aromatic heterocycles. The van der Waals surface area contributed by atoms with Gasteiger partial charge in [0.15, 0.2) is 5.16 Å². The topological polar surface area (TPSA) is 34.9 Å². The van der Waals surface area contributed by atoms with Gasteiger partial charge in [-0.05, 0) is 17.7 Å². The van der Waals surface area contributed by atoms with Crippen LogP contribution in [0.3, 0.4) is 0 Å². The summed E-state index contributed by atoms with van der Waals surface area (Å²) >= 11 is 5.37. The zero-order valence-corrected chi connectivity index (χ0v) is 11.5. The van der Waals surface area contributed by atoms with Gasteiger partial charge in [-0.2, -0.15) is 11.8 Å². The molecule has 6 heteroatoms. The van der Waals surface area contributed by atoms with Crippen molar-refractivity contribution >= 4 is 45.1 Å². The van der Waals surface area contributed by atoms with Gasteiger partial charge in [0.1, 0.15) is 4.83 Å². The van der Waals surface area contributed by atoms with Crippen LogP contribution in [0.2, 0.25) is 0 Å². The Morgan fingerprint density at radius 3 is 3.18 bits per heavy atom. The average Bonchev–Trinajstić information content (AvgIpc) is 2.92. The summed E-state index contributed by atoms with van der Waals surface area (Å²) < 4.78 is 1.85. The van der Waals surface area contributed by atoms with Gasteiger partial charge < -0.3 is 0 Å². The summed E-state index contributed by atoms with van der Waals surface area (Å²) in [7, 11) is 0. The van der Waals surface area contributed by atoms with Crippen molar-refractivity contribution in [1.82, 2.24) is 9.55 Å². The molecular formula is C11H10N2OS3. The van der Waals surface area contributed by atoms with Crippen LogP contribution in [0.1, 0.15) is 10.4 Å². The molecule has 4 rings (SSSR count). The smallest absolute Gasteiger partial charge is 0.263 e. The Morgan fingerprint density at radius 2 is 2.24 bits per heavy atom. The van der Waals surface area contributed by atoms with Crippen LogP contribution in [0.15, 0.2) is 9.95 Å². The van der Waals surface area contributed by atoms with Crippen LogP contribution >= 0.6 is 34.9 Å². The highest BCUT2D eigenvalue weighted by Crippen LogP contribution is 2.36. The fraction of sp³-hybridized carbons (Fsp3) is 0.455. The molecule has 4 heterocycles. The lowest BCUT2D eigenvalue weighted by atomic mass is 10.1. The first-order valence-electron chi connectivity index (χ1n) is 5.60. The molecule has 88 valence electrons. The van der Waals surface area contributed by atoms with E-state index in [4.69, 9.17) is 0 Å². The maximum Gasteiger partial charge on any atom is 0.263 e. The molecule has 0 amide bonds. The van der Waals surface area contributed by atoms with Crippen molar-refractivity contribution in [2.75, 3.05) is 11.5 Å². The van der Waals surface area contributed by atoms with E-state index in [9.17, 15) is 4.79 Å². The molecule has 0 fully saturated rings. The number of fused-ring (bicyclic) bond motifs is 4. The van der Waals surface area contributed by atoms with E-state index in [-0.39, 0.29) is 5.56 Å². The zero-order valence-electron chi connectivity index (χ0n) is 9.06. The predicted octanol–water partition coefficient (Wildman–Crippen LogP) is 2.35. The van der Waals surface area contributed by atoms with Gasteiger partial charge in [-0.3, -0.25) is 9.36 Å². The number of nitrogens with zero attached hydrogens (tertiary/aromatic N) is 2. The number of rotatable bonds is 0. The molecule has 0 aliphatic carbocycles. The highest BCUT2D eigenvalue weighted by molar-refractivity contribution is 7.99. The summed E-state index contributed by atoms with van der Waals surface area (Å²) in [6.45, 7) is 0.821. The molecule has 0 unspecified atom stereocenters. The monoisotopic (exact) mass is 282 g/mol. The van der Waals surface area contributed by atoms with Gasteiger partial charge in [-0.25, -0.2) is 4.98 Å². The molecule has 3 nitrogen and oxygen atoms in total. The van der Waals surface area contributed by atoms with Crippen LogP contribution in [0.25, 0.3) is 10.2 Å². The van der Waals surface area contributed by atoms with Crippen molar-refractivity contribution < 1.29 is 0 Å². The van der Waals surface area contributed by atoms with Crippen LogP contribution in [0, 0.1) is 0 Å². The van der Waals surface area contributed by atoms with Crippen molar-refractivity contribution in [3.05, 3.63) is 20.8 Å². The Labute approximate surface area is 111 Å².